The van der Waals surface area contributed by atoms with Gasteiger partial charge < -0.3 is 0 Å². The molecule has 0 saturated carbocycles. The van der Waals surface area contributed by atoms with Crippen LogP contribution in [0, 0.1) is 11.8 Å². The van der Waals surface area contributed by atoms with Gasteiger partial charge in [0, 0.05) is 0 Å². The van der Waals surface area contributed by atoms with E-state index >= 15 is 0 Å². The lowest BCUT2D eigenvalue weighted by molar-refractivity contribution is 0.429. The van der Waals surface area contributed by atoms with Crippen molar-refractivity contribution in [3.8, 4) is 0 Å². The molecule has 0 amide bonds. The van der Waals surface area contributed by atoms with E-state index in [1.807, 2.05) is 5.92 Å². The number of hydrogen-bond donors (Lipinski definition) is 0. The van der Waals surface area contributed by atoms with E-state index in [0.717, 1.165) is 5.92 Å². The van der Waals surface area contributed by atoms with Crippen LogP contribution in [0.2, 0.25) is 0 Å². The molecule has 27 heavy (non-hydrogen) atoms. The van der Waals surface area contributed by atoms with E-state index < -0.39 is 0 Å². The SMILES string of the molecule is CCCCCCCC[C](CCCCCCCC)C(C)CCCCCCCC. The Kier molecular flexibility index (Phi) is 22.3. The van der Waals surface area contributed by atoms with Crippen molar-refractivity contribution < 1.29 is 0 Å². The van der Waals surface area contributed by atoms with E-state index in [2.05, 4.69) is 27.7 Å². The monoisotopic (exact) mass is 379 g/mol. The molecule has 0 rings (SSSR count). The largest absolute Gasteiger partial charge is 0.0654 e. The van der Waals surface area contributed by atoms with Crippen LogP contribution in [0.5, 0.6) is 0 Å². The molecule has 1 radical (unpaired) electrons. The first-order valence-electron chi connectivity index (χ1n) is 13.1. The molecular formula is C27H55. The summed E-state index contributed by atoms with van der Waals surface area (Å²) in [4.78, 5) is 0. The summed E-state index contributed by atoms with van der Waals surface area (Å²) in [6.07, 6.45) is 30.2. The predicted molar refractivity (Wildman–Crippen MR) is 126 cm³/mol. The molecule has 0 bridgehead atoms. The molecule has 0 saturated heterocycles. The summed E-state index contributed by atoms with van der Waals surface area (Å²) < 4.78 is 0. The molecule has 0 aliphatic carbocycles. The highest BCUT2D eigenvalue weighted by molar-refractivity contribution is 4.94. The molecule has 0 heteroatoms. The average Bonchev–Trinajstić information content (AvgIpc) is 2.68. The van der Waals surface area contributed by atoms with Gasteiger partial charge in [0.25, 0.3) is 0 Å². The molecule has 0 spiro atoms. The van der Waals surface area contributed by atoms with Gasteiger partial charge in [-0.1, -0.05) is 150 Å². The molecule has 0 aromatic rings. The summed E-state index contributed by atoms with van der Waals surface area (Å²) >= 11 is 0. The Morgan fingerprint density at radius 1 is 0.444 bits per heavy atom. The smallest absolute Gasteiger partial charge is 0.0213 e. The Balaban J connectivity index is 4.00. The topological polar surface area (TPSA) is 0 Å². The third-order valence-electron chi connectivity index (χ3n) is 6.39. The van der Waals surface area contributed by atoms with Gasteiger partial charge in [0.1, 0.15) is 0 Å². The molecule has 0 nitrogen and oxygen atoms in total. The molecule has 0 aromatic carbocycles. The maximum absolute atomic E-state index is 2.54. The molecule has 0 aromatic heterocycles. The summed E-state index contributed by atoms with van der Waals surface area (Å²) in [5, 5.41) is 0. The molecule has 0 fully saturated rings. The van der Waals surface area contributed by atoms with Crippen LogP contribution in [0.25, 0.3) is 0 Å². The van der Waals surface area contributed by atoms with Gasteiger partial charge in [0.15, 0.2) is 0 Å². The zero-order chi connectivity index (χ0) is 20.0. The number of hydrogen-bond acceptors (Lipinski definition) is 0. The highest BCUT2D eigenvalue weighted by Gasteiger charge is 2.17. The second kappa shape index (κ2) is 22.3. The Morgan fingerprint density at radius 2 is 0.778 bits per heavy atom. The summed E-state index contributed by atoms with van der Waals surface area (Å²) in [5.41, 5.74) is 0. The molecule has 0 N–H and O–H groups in total. The summed E-state index contributed by atoms with van der Waals surface area (Å²) in [5.74, 6) is 2.80. The van der Waals surface area contributed by atoms with Crippen molar-refractivity contribution in [1.29, 1.82) is 0 Å². The van der Waals surface area contributed by atoms with Crippen molar-refractivity contribution in [2.45, 2.75) is 163 Å². The van der Waals surface area contributed by atoms with Crippen molar-refractivity contribution in [2.75, 3.05) is 0 Å². The third kappa shape index (κ3) is 19.1. The lowest BCUT2D eigenvalue weighted by atomic mass is 9.82. The standard InChI is InChI=1S/C27H55/c1-5-8-11-14-17-20-23-26(4)27(24-21-18-15-12-9-6-2)25-22-19-16-13-10-7-3/h26H,5-25H2,1-4H3. The zero-order valence-electron chi connectivity index (χ0n) is 19.9. The second-order valence-corrected chi connectivity index (χ2v) is 9.15. The van der Waals surface area contributed by atoms with E-state index in [0.29, 0.717) is 0 Å². The van der Waals surface area contributed by atoms with Gasteiger partial charge in [-0.3, -0.25) is 0 Å². The highest BCUT2D eigenvalue weighted by Crippen LogP contribution is 2.31. The highest BCUT2D eigenvalue weighted by atomic mass is 14.2. The second-order valence-electron chi connectivity index (χ2n) is 9.15. The first kappa shape index (κ1) is 27.0. The molecule has 0 heterocycles. The van der Waals surface area contributed by atoms with Gasteiger partial charge in [-0.05, 0) is 24.7 Å². The lowest BCUT2D eigenvalue weighted by Gasteiger charge is -2.24. The Labute approximate surface area is 174 Å². The van der Waals surface area contributed by atoms with Gasteiger partial charge in [-0.25, -0.2) is 0 Å². The van der Waals surface area contributed by atoms with Crippen LogP contribution >= 0.6 is 0 Å². The molecule has 1 atom stereocenters. The summed E-state index contributed by atoms with van der Waals surface area (Å²) in [6, 6.07) is 0. The van der Waals surface area contributed by atoms with Gasteiger partial charge >= 0.3 is 0 Å². The van der Waals surface area contributed by atoms with Crippen LogP contribution in [0.4, 0.5) is 0 Å². The fraction of sp³-hybridized carbons (Fsp3) is 0.963. The predicted octanol–water partition coefficient (Wildman–Crippen LogP) is 10.4. The van der Waals surface area contributed by atoms with Gasteiger partial charge in [0.2, 0.25) is 0 Å². The number of rotatable bonds is 22. The summed E-state index contributed by atoms with van der Waals surface area (Å²) in [7, 11) is 0. The maximum Gasteiger partial charge on any atom is -0.0213 e. The third-order valence-corrected chi connectivity index (χ3v) is 6.39. The van der Waals surface area contributed by atoms with Crippen LogP contribution in [0.1, 0.15) is 163 Å². The van der Waals surface area contributed by atoms with Crippen LogP contribution in [-0.4, -0.2) is 0 Å². The fourth-order valence-corrected chi connectivity index (χ4v) is 4.32. The van der Waals surface area contributed by atoms with Gasteiger partial charge in [-0.2, -0.15) is 0 Å². The lowest BCUT2D eigenvalue weighted by Crippen LogP contribution is -2.10. The minimum atomic E-state index is 0.877. The van der Waals surface area contributed by atoms with Gasteiger partial charge in [0.05, 0.1) is 0 Å². The van der Waals surface area contributed by atoms with E-state index in [9.17, 15) is 0 Å². The van der Waals surface area contributed by atoms with E-state index in [4.69, 9.17) is 0 Å². The fourth-order valence-electron chi connectivity index (χ4n) is 4.32. The number of unbranched alkanes of at least 4 members (excludes halogenated alkanes) is 15. The van der Waals surface area contributed by atoms with Crippen molar-refractivity contribution in [3.05, 3.63) is 5.92 Å². The normalized spacial score (nSPS) is 12.8. The van der Waals surface area contributed by atoms with E-state index in [1.165, 1.54) is 135 Å². The van der Waals surface area contributed by atoms with Crippen molar-refractivity contribution in [3.63, 3.8) is 0 Å². The maximum atomic E-state index is 2.54. The molecule has 0 aliphatic rings. The van der Waals surface area contributed by atoms with Crippen LogP contribution in [0.15, 0.2) is 0 Å². The van der Waals surface area contributed by atoms with Crippen LogP contribution in [0.3, 0.4) is 0 Å². The average molecular weight is 380 g/mol. The van der Waals surface area contributed by atoms with Gasteiger partial charge in [-0.15, -0.1) is 0 Å². The van der Waals surface area contributed by atoms with Crippen molar-refractivity contribution in [1.82, 2.24) is 0 Å². The van der Waals surface area contributed by atoms with Crippen molar-refractivity contribution >= 4 is 0 Å². The first-order chi connectivity index (χ1) is 13.3. The minimum Gasteiger partial charge on any atom is -0.0654 e. The molecule has 0 aliphatic heterocycles. The Bertz CT molecular complexity index is 241. The summed E-state index contributed by atoms with van der Waals surface area (Å²) in [6.45, 7) is 9.48. The molecule has 163 valence electrons. The van der Waals surface area contributed by atoms with E-state index in [1.54, 1.807) is 0 Å². The zero-order valence-corrected chi connectivity index (χ0v) is 19.9. The Morgan fingerprint density at radius 3 is 1.19 bits per heavy atom. The minimum absolute atomic E-state index is 0.877. The van der Waals surface area contributed by atoms with Crippen LogP contribution in [-0.2, 0) is 0 Å². The molecule has 1 unspecified atom stereocenters. The van der Waals surface area contributed by atoms with E-state index in [-0.39, 0.29) is 0 Å². The Hall–Kier alpha value is 0. The quantitative estimate of drug-likeness (QED) is 0.164. The first-order valence-corrected chi connectivity index (χ1v) is 13.1. The van der Waals surface area contributed by atoms with Crippen LogP contribution < -0.4 is 0 Å². The molecular weight excluding hydrogens is 324 g/mol. The van der Waals surface area contributed by atoms with Crippen molar-refractivity contribution in [2.24, 2.45) is 5.92 Å².